The van der Waals surface area contributed by atoms with E-state index < -0.39 is 5.60 Å². The van der Waals surface area contributed by atoms with Gasteiger partial charge in [0, 0.05) is 56.5 Å². The fourth-order valence-electron chi connectivity index (χ4n) is 5.13. The van der Waals surface area contributed by atoms with Crippen molar-refractivity contribution in [1.29, 1.82) is 0 Å². The number of para-hydroxylation sites is 2. The van der Waals surface area contributed by atoms with Crippen LogP contribution < -0.4 is 4.74 Å². The molecule has 156 valence electrons. The van der Waals surface area contributed by atoms with Crippen LogP contribution >= 0.6 is 0 Å². The average molecular weight is 413 g/mol. The standard InChI is InChI=1S/C24H23N5O2/c1-27-21-16(14-25-27)6-5-8-18(21)23(30)29-12-10-24(11-13-29)19-15-26-28(2)22(19)17-7-3-4-9-20(17)31-24/h3-9,14-15H,10-13H2,1-2H3. The molecule has 0 unspecified atom stereocenters. The Labute approximate surface area is 179 Å². The van der Waals surface area contributed by atoms with Crippen LogP contribution in [0.3, 0.4) is 0 Å². The zero-order valence-electron chi connectivity index (χ0n) is 17.6. The molecule has 0 radical (unpaired) electrons. The third kappa shape index (κ3) is 2.55. The molecule has 1 amide bonds. The minimum atomic E-state index is -0.451. The fraction of sp³-hybridized carbons (Fsp3) is 0.292. The Hall–Kier alpha value is -3.61. The molecule has 0 aliphatic carbocycles. The number of carbonyl (C=O) groups is 1. The van der Waals surface area contributed by atoms with E-state index in [1.165, 1.54) is 0 Å². The minimum absolute atomic E-state index is 0.0478. The van der Waals surface area contributed by atoms with E-state index in [-0.39, 0.29) is 5.91 Å². The van der Waals surface area contributed by atoms with Gasteiger partial charge in [-0.1, -0.05) is 24.3 Å². The highest BCUT2D eigenvalue weighted by atomic mass is 16.5. The maximum atomic E-state index is 13.4. The second-order valence-electron chi connectivity index (χ2n) is 8.43. The predicted molar refractivity (Wildman–Crippen MR) is 117 cm³/mol. The lowest BCUT2D eigenvalue weighted by Gasteiger charge is -2.44. The number of hydrogen-bond donors (Lipinski definition) is 0. The largest absolute Gasteiger partial charge is 0.482 e. The molecule has 31 heavy (non-hydrogen) atoms. The number of benzene rings is 2. The van der Waals surface area contributed by atoms with Crippen LogP contribution in [0.25, 0.3) is 22.2 Å². The molecule has 0 bridgehead atoms. The van der Waals surface area contributed by atoms with E-state index in [9.17, 15) is 4.79 Å². The number of aryl methyl sites for hydroxylation is 2. The number of carbonyl (C=O) groups excluding carboxylic acids is 1. The summed E-state index contributed by atoms with van der Waals surface area (Å²) in [6.45, 7) is 1.26. The molecule has 0 saturated carbocycles. The number of amides is 1. The molecule has 4 aromatic rings. The molecular formula is C24H23N5O2. The van der Waals surface area contributed by atoms with Crippen molar-refractivity contribution in [3.8, 4) is 17.0 Å². The first kappa shape index (κ1) is 18.2. The van der Waals surface area contributed by atoms with Gasteiger partial charge in [0.05, 0.1) is 29.2 Å². The quantitative estimate of drug-likeness (QED) is 0.479. The molecule has 1 saturated heterocycles. The van der Waals surface area contributed by atoms with Crippen LogP contribution in [-0.2, 0) is 19.7 Å². The van der Waals surface area contributed by atoms with Crippen LogP contribution in [0.4, 0.5) is 0 Å². The number of fused-ring (bicyclic) bond motifs is 5. The van der Waals surface area contributed by atoms with Gasteiger partial charge in [-0.05, 0) is 18.2 Å². The Morgan fingerprint density at radius 3 is 2.58 bits per heavy atom. The Balaban J connectivity index is 1.32. The van der Waals surface area contributed by atoms with Gasteiger partial charge in [-0.15, -0.1) is 0 Å². The highest BCUT2D eigenvalue weighted by Gasteiger charge is 2.46. The van der Waals surface area contributed by atoms with Gasteiger partial charge in [0.1, 0.15) is 11.4 Å². The Morgan fingerprint density at radius 2 is 1.74 bits per heavy atom. The van der Waals surface area contributed by atoms with Crippen molar-refractivity contribution in [2.45, 2.75) is 18.4 Å². The molecule has 0 N–H and O–H groups in total. The van der Waals surface area contributed by atoms with Gasteiger partial charge >= 0.3 is 0 Å². The average Bonchev–Trinajstić information content (AvgIpc) is 3.38. The summed E-state index contributed by atoms with van der Waals surface area (Å²) >= 11 is 0. The van der Waals surface area contributed by atoms with E-state index >= 15 is 0 Å². The van der Waals surface area contributed by atoms with Gasteiger partial charge in [-0.25, -0.2) is 0 Å². The van der Waals surface area contributed by atoms with E-state index in [1.807, 2.05) is 66.3 Å². The number of ether oxygens (including phenoxy) is 1. The second kappa shape index (κ2) is 6.44. The van der Waals surface area contributed by atoms with Gasteiger partial charge in [0.2, 0.25) is 0 Å². The summed E-state index contributed by atoms with van der Waals surface area (Å²) in [4.78, 5) is 15.3. The van der Waals surface area contributed by atoms with Crippen molar-refractivity contribution in [3.63, 3.8) is 0 Å². The molecule has 7 nitrogen and oxygen atoms in total. The monoisotopic (exact) mass is 413 g/mol. The van der Waals surface area contributed by atoms with Gasteiger partial charge in [-0.2, -0.15) is 10.2 Å². The number of hydrogen-bond acceptors (Lipinski definition) is 4. The van der Waals surface area contributed by atoms with Crippen molar-refractivity contribution in [1.82, 2.24) is 24.5 Å². The van der Waals surface area contributed by atoms with Gasteiger partial charge in [-0.3, -0.25) is 14.2 Å². The molecule has 1 fully saturated rings. The lowest BCUT2D eigenvalue weighted by Crippen LogP contribution is -2.49. The molecule has 4 heterocycles. The van der Waals surface area contributed by atoms with E-state index in [1.54, 1.807) is 10.9 Å². The number of piperidine rings is 1. The SMILES string of the molecule is Cn1ncc2c1-c1ccccc1OC21CCN(C(=O)c2cccc3cnn(C)c23)CC1. The molecule has 2 aliphatic heterocycles. The molecule has 1 spiro atoms. The topological polar surface area (TPSA) is 65.2 Å². The number of likely N-dealkylation sites (tertiary alicyclic amines) is 1. The summed E-state index contributed by atoms with van der Waals surface area (Å²) in [5, 5.41) is 9.83. The second-order valence-corrected chi connectivity index (χ2v) is 8.43. The highest BCUT2D eigenvalue weighted by Crippen LogP contribution is 2.49. The lowest BCUT2D eigenvalue weighted by molar-refractivity contribution is -0.00167. The zero-order valence-corrected chi connectivity index (χ0v) is 17.6. The van der Waals surface area contributed by atoms with Crippen LogP contribution in [0, 0.1) is 0 Å². The number of aromatic nitrogens is 4. The summed E-state index contributed by atoms with van der Waals surface area (Å²) in [6.07, 6.45) is 5.19. The van der Waals surface area contributed by atoms with E-state index in [0.29, 0.717) is 18.7 Å². The molecular weight excluding hydrogens is 390 g/mol. The van der Waals surface area contributed by atoms with E-state index in [2.05, 4.69) is 16.3 Å². The van der Waals surface area contributed by atoms with Gasteiger partial charge in [0.25, 0.3) is 5.91 Å². The molecule has 2 aromatic carbocycles. The summed E-state index contributed by atoms with van der Waals surface area (Å²) in [5.74, 6) is 0.935. The summed E-state index contributed by atoms with van der Waals surface area (Å²) in [5.41, 5.74) is 4.43. The van der Waals surface area contributed by atoms with E-state index in [0.717, 1.165) is 46.3 Å². The van der Waals surface area contributed by atoms with Crippen LogP contribution in [0.1, 0.15) is 28.8 Å². The van der Waals surface area contributed by atoms with Crippen LogP contribution in [0.15, 0.2) is 54.9 Å². The molecule has 0 atom stereocenters. The zero-order chi connectivity index (χ0) is 21.2. The highest BCUT2D eigenvalue weighted by molar-refractivity contribution is 6.05. The third-order valence-electron chi connectivity index (χ3n) is 6.73. The summed E-state index contributed by atoms with van der Waals surface area (Å²) < 4.78 is 10.3. The first-order valence-electron chi connectivity index (χ1n) is 10.6. The van der Waals surface area contributed by atoms with Gasteiger partial charge in [0.15, 0.2) is 0 Å². The van der Waals surface area contributed by atoms with Crippen molar-refractivity contribution >= 4 is 16.8 Å². The first-order chi connectivity index (χ1) is 15.1. The van der Waals surface area contributed by atoms with Crippen LogP contribution in [-0.4, -0.2) is 43.5 Å². The molecule has 6 rings (SSSR count). The van der Waals surface area contributed by atoms with Crippen molar-refractivity contribution in [3.05, 3.63) is 66.0 Å². The molecule has 2 aliphatic rings. The normalized spacial score (nSPS) is 16.8. The smallest absolute Gasteiger partial charge is 0.256 e. The summed E-state index contributed by atoms with van der Waals surface area (Å²) in [6, 6.07) is 13.9. The van der Waals surface area contributed by atoms with Crippen molar-refractivity contribution in [2.75, 3.05) is 13.1 Å². The van der Waals surface area contributed by atoms with Crippen molar-refractivity contribution < 1.29 is 9.53 Å². The maximum absolute atomic E-state index is 13.4. The molecule has 2 aromatic heterocycles. The lowest BCUT2D eigenvalue weighted by atomic mass is 9.81. The Bertz CT molecular complexity index is 1330. The number of rotatable bonds is 1. The first-order valence-corrected chi connectivity index (χ1v) is 10.6. The Morgan fingerprint density at radius 1 is 0.968 bits per heavy atom. The fourth-order valence-corrected chi connectivity index (χ4v) is 5.13. The minimum Gasteiger partial charge on any atom is -0.482 e. The van der Waals surface area contributed by atoms with Crippen LogP contribution in [0.5, 0.6) is 5.75 Å². The third-order valence-corrected chi connectivity index (χ3v) is 6.73. The van der Waals surface area contributed by atoms with Gasteiger partial charge < -0.3 is 9.64 Å². The molecule has 7 heteroatoms. The maximum Gasteiger partial charge on any atom is 0.256 e. The van der Waals surface area contributed by atoms with E-state index in [4.69, 9.17) is 4.74 Å². The summed E-state index contributed by atoms with van der Waals surface area (Å²) in [7, 11) is 3.85. The van der Waals surface area contributed by atoms with Crippen LogP contribution in [0.2, 0.25) is 0 Å². The predicted octanol–water partition coefficient (Wildman–Crippen LogP) is 3.50. The van der Waals surface area contributed by atoms with Crippen molar-refractivity contribution in [2.24, 2.45) is 14.1 Å². The number of nitrogens with zero attached hydrogens (tertiary/aromatic N) is 5. The Kier molecular flexibility index (Phi) is 3.78.